The fraction of sp³-hybridized carbons (Fsp3) is 0.538. The molecule has 0 aliphatic carbocycles. The third-order valence-electron chi connectivity index (χ3n) is 3.01. The number of anilines is 1. The number of halogens is 2. The van der Waals surface area contributed by atoms with Gasteiger partial charge in [-0.2, -0.15) is 0 Å². The van der Waals surface area contributed by atoms with Crippen LogP contribution in [0.1, 0.15) is 26.7 Å². The summed E-state index contributed by atoms with van der Waals surface area (Å²) in [5, 5.41) is 3.05. The fourth-order valence-corrected chi connectivity index (χ4v) is 2.19. The van der Waals surface area contributed by atoms with Crippen molar-refractivity contribution in [2.24, 2.45) is 0 Å². The molecule has 1 aliphatic heterocycles. The van der Waals surface area contributed by atoms with Gasteiger partial charge in [-0.05, 0) is 38.8 Å². The molecule has 17 heavy (non-hydrogen) atoms. The molecule has 1 N–H and O–H groups in total. The molecule has 0 saturated carbocycles. The van der Waals surface area contributed by atoms with Crippen LogP contribution in [-0.4, -0.2) is 18.2 Å². The van der Waals surface area contributed by atoms with Gasteiger partial charge < -0.3 is 10.1 Å². The Bertz CT molecular complexity index is 406. The highest BCUT2D eigenvalue weighted by Crippen LogP contribution is 2.27. The zero-order valence-electron chi connectivity index (χ0n) is 10.1. The van der Waals surface area contributed by atoms with Gasteiger partial charge in [0, 0.05) is 12.6 Å². The first-order valence-corrected chi connectivity index (χ1v) is 5.82. The van der Waals surface area contributed by atoms with E-state index in [2.05, 4.69) is 5.32 Å². The quantitative estimate of drug-likeness (QED) is 0.857. The summed E-state index contributed by atoms with van der Waals surface area (Å²) in [7, 11) is 0. The molecule has 1 saturated heterocycles. The van der Waals surface area contributed by atoms with E-state index >= 15 is 0 Å². The minimum atomic E-state index is -0.818. The van der Waals surface area contributed by atoms with E-state index < -0.39 is 11.6 Å². The van der Waals surface area contributed by atoms with Gasteiger partial charge in [0.05, 0.1) is 11.3 Å². The Morgan fingerprint density at radius 1 is 1.35 bits per heavy atom. The zero-order chi connectivity index (χ0) is 12.5. The van der Waals surface area contributed by atoms with Crippen molar-refractivity contribution in [2.45, 2.75) is 38.3 Å². The van der Waals surface area contributed by atoms with Crippen molar-refractivity contribution in [3.05, 3.63) is 29.8 Å². The summed E-state index contributed by atoms with van der Waals surface area (Å²) in [4.78, 5) is 0. The molecular weight excluding hydrogens is 224 g/mol. The molecule has 4 heteroatoms. The Balaban J connectivity index is 2.08. The zero-order valence-corrected chi connectivity index (χ0v) is 10.1. The van der Waals surface area contributed by atoms with Crippen molar-refractivity contribution in [1.29, 1.82) is 0 Å². The topological polar surface area (TPSA) is 21.3 Å². The van der Waals surface area contributed by atoms with Crippen LogP contribution in [-0.2, 0) is 4.74 Å². The maximum Gasteiger partial charge on any atom is 0.181 e. The third-order valence-corrected chi connectivity index (χ3v) is 3.01. The molecule has 0 radical (unpaired) electrons. The van der Waals surface area contributed by atoms with E-state index in [1.54, 1.807) is 6.07 Å². The van der Waals surface area contributed by atoms with Crippen LogP contribution in [0.15, 0.2) is 18.2 Å². The molecule has 2 rings (SSSR count). The lowest BCUT2D eigenvalue weighted by atomic mass is 9.94. The molecule has 1 fully saturated rings. The second kappa shape index (κ2) is 4.61. The number of benzene rings is 1. The standard InChI is InChI=1S/C13H17F2NO/c1-13(2)8-9(6-7-17-13)16-11-5-3-4-10(14)12(11)15/h3-5,9,16H,6-8H2,1-2H3. The molecule has 1 unspecified atom stereocenters. The molecule has 2 nitrogen and oxygen atoms in total. The summed E-state index contributed by atoms with van der Waals surface area (Å²) < 4.78 is 32.1. The highest BCUT2D eigenvalue weighted by Gasteiger charge is 2.29. The molecule has 0 bridgehead atoms. The number of rotatable bonds is 2. The second-order valence-electron chi connectivity index (χ2n) is 5.04. The fourth-order valence-electron chi connectivity index (χ4n) is 2.19. The molecule has 1 heterocycles. The molecule has 94 valence electrons. The molecule has 0 amide bonds. The van der Waals surface area contributed by atoms with E-state index in [4.69, 9.17) is 4.74 Å². The van der Waals surface area contributed by atoms with Gasteiger partial charge in [0.1, 0.15) is 0 Å². The van der Waals surface area contributed by atoms with E-state index in [0.717, 1.165) is 18.9 Å². The predicted molar refractivity (Wildman–Crippen MR) is 63.0 cm³/mol. The van der Waals surface area contributed by atoms with Crippen LogP contribution in [0.4, 0.5) is 14.5 Å². The lowest BCUT2D eigenvalue weighted by Gasteiger charge is -2.36. The predicted octanol–water partition coefficient (Wildman–Crippen LogP) is 3.33. The average Bonchev–Trinajstić information content (AvgIpc) is 2.23. The van der Waals surface area contributed by atoms with E-state index in [0.29, 0.717) is 6.61 Å². The number of nitrogens with one attached hydrogen (secondary N) is 1. The Morgan fingerprint density at radius 2 is 2.12 bits per heavy atom. The maximum absolute atomic E-state index is 13.5. The largest absolute Gasteiger partial charge is 0.380 e. The van der Waals surface area contributed by atoms with Crippen LogP contribution in [0.5, 0.6) is 0 Å². The van der Waals surface area contributed by atoms with Crippen molar-refractivity contribution in [3.8, 4) is 0 Å². The van der Waals surface area contributed by atoms with Gasteiger partial charge in [0.2, 0.25) is 0 Å². The lowest BCUT2D eigenvalue weighted by molar-refractivity contribution is -0.0553. The van der Waals surface area contributed by atoms with Crippen molar-refractivity contribution >= 4 is 5.69 Å². The molecule has 1 aliphatic rings. The molecule has 1 aromatic rings. The molecule has 0 spiro atoms. The molecular formula is C13H17F2NO. The minimum absolute atomic E-state index is 0.120. The summed E-state index contributed by atoms with van der Waals surface area (Å²) >= 11 is 0. The summed E-state index contributed by atoms with van der Waals surface area (Å²) in [6.07, 6.45) is 1.59. The Morgan fingerprint density at radius 3 is 2.82 bits per heavy atom. The van der Waals surface area contributed by atoms with Gasteiger partial charge in [0.15, 0.2) is 11.6 Å². The van der Waals surface area contributed by atoms with E-state index in [9.17, 15) is 8.78 Å². The smallest absolute Gasteiger partial charge is 0.181 e. The molecule has 1 atom stereocenters. The monoisotopic (exact) mass is 241 g/mol. The highest BCUT2D eigenvalue weighted by molar-refractivity contribution is 5.45. The summed E-state index contributed by atoms with van der Waals surface area (Å²) in [6.45, 7) is 4.65. The molecule has 0 aromatic heterocycles. The number of hydrogen-bond acceptors (Lipinski definition) is 2. The summed E-state index contributed by atoms with van der Waals surface area (Å²) in [5.74, 6) is -1.63. The first kappa shape index (κ1) is 12.3. The normalized spacial score (nSPS) is 23.4. The van der Waals surface area contributed by atoms with Crippen molar-refractivity contribution in [3.63, 3.8) is 0 Å². The van der Waals surface area contributed by atoms with Gasteiger partial charge >= 0.3 is 0 Å². The van der Waals surface area contributed by atoms with Gasteiger partial charge in [-0.25, -0.2) is 8.78 Å². The van der Waals surface area contributed by atoms with Gasteiger partial charge in [-0.3, -0.25) is 0 Å². The number of ether oxygens (including phenoxy) is 1. The summed E-state index contributed by atoms with van der Waals surface area (Å²) in [6, 6.07) is 4.30. The molecule has 1 aromatic carbocycles. The van der Waals surface area contributed by atoms with Crippen molar-refractivity contribution in [2.75, 3.05) is 11.9 Å². The van der Waals surface area contributed by atoms with Crippen LogP contribution in [0.3, 0.4) is 0 Å². The van der Waals surface area contributed by atoms with Crippen LogP contribution >= 0.6 is 0 Å². The lowest BCUT2D eigenvalue weighted by Crippen LogP contribution is -2.40. The van der Waals surface area contributed by atoms with Crippen LogP contribution in [0.2, 0.25) is 0 Å². The van der Waals surface area contributed by atoms with E-state index in [1.165, 1.54) is 6.07 Å². The van der Waals surface area contributed by atoms with E-state index in [1.807, 2.05) is 13.8 Å². The van der Waals surface area contributed by atoms with Crippen molar-refractivity contribution in [1.82, 2.24) is 0 Å². The van der Waals surface area contributed by atoms with Crippen molar-refractivity contribution < 1.29 is 13.5 Å². The minimum Gasteiger partial charge on any atom is -0.380 e. The van der Waals surface area contributed by atoms with E-state index in [-0.39, 0.29) is 17.3 Å². The van der Waals surface area contributed by atoms with Gasteiger partial charge in [0.25, 0.3) is 0 Å². The maximum atomic E-state index is 13.5. The average molecular weight is 241 g/mol. The third kappa shape index (κ3) is 2.94. The SMILES string of the molecule is CC1(C)CC(Nc2cccc(F)c2F)CCO1. The first-order chi connectivity index (χ1) is 7.98. The summed E-state index contributed by atoms with van der Waals surface area (Å²) in [5.41, 5.74) is 0.0207. The van der Waals surface area contributed by atoms with Crippen LogP contribution < -0.4 is 5.32 Å². The Labute approximate surface area is 100.0 Å². The second-order valence-corrected chi connectivity index (χ2v) is 5.04. The van der Waals surface area contributed by atoms with Gasteiger partial charge in [-0.1, -0.05) is 6.07 Å². The first-order valence-electron chi connectivity index (χ1n) is 5.82. The Hall–Kier alpha value is -1.16. The van der Waals surface area contributed by atoms with Crippen LogP contribution in [0.25, 0.3) is 0 Å². The van der Waals surface area contributed by atoms with Gasteiger partial charge in [-0.15, -0.1) is 0 Å². The number of hydrogen-bond donors (Lipinski definition) is 1. The Kier molecular flexibility index (Phi) is 3.33. The highest BCUT2D eigenvalue weighted by atomic mass is 19.2. The van der Waals surface area contributed by atoms with Crippen LogP contribution in [0, 0.1) is 11.6 Å².